The van der Waals surface area contributed by atoms with Crippen molar-refractivity contribution in [1.82, 2.24) is 4.98 Å². The lowest BCUT2D eigenvalue weighted by atomic mass is 10.0. The van der Waals surface area contributed by atoms with Crippen molar-refractivity contribution in [2.24, 2.45) is 5.73 Å². The fraction of sp³-hybridized carbons (Fsp3) is 0.250. The number of rotatable bonds is 3. The summed E-state index contributed by atoms with van der Waals surface area (Å²) in [6.45, 7) is 1.90. The van der Waals surface area contributed by atoms with Crippen LogP contribution in [0.25, 0.3) is 10.9 Å². The van der Waals surface area contributed by atoms with E-state index in [1.807, 2.05) is 19.2 Å². The molecule has 16 heavy (non-hydrogen) atoms. The number of carboxylic acid groups (broad SMARTS) is 1. The molecule has 1 atom stereocenters. The number of fused-ring (bicyclic) bond motifs is 1. The molecule has 1 aromatic carbocycles. The highest BCUT2D eigenvalue weighted by Gasteiger charge is 2.13. The average molecular weight is 218 g/mol. The molecule has 4 heteroatoms. The van der Waals surface area contributed by atoms with Crippen LogP contribution >= 0.6 is 0 Å². The minimum absolute atomic E-state index is 0.0147. The van der Waals surface area contributed by atoms with Crippen molar-refractivity contribution >= 4 is 16.9 Å². The summed E-state index contributed by atoms with van der Waals surface area (Å²) in [4.78, 5) is 14.2. The molecule has 0 bridgehead atoms. The topological polar surface area (TPSA) is 79.1 Å². The Bertz CT molecular complexity index is 529. The van der Waals surface area contributed by atoms with E-state index < -0.39 is 5.97 Å². The second-order valence-corrected chi connectivity index (χ2v) is 4.03. The highest BCUT2D eigenvalue weighted by Crippen LogP contribution is 2.23. The molecule has 0 aliphatic carbocycles. The Morgan fingerprint density at radius 1 is 1.56 bits per heavy atom. The molecule has 0 unspecified atom stereocenters. The Balaban J connectivity index is 2.63. The number of nitrogens with two attached hydrogens (primary N) is 1. The van der Waals surface area contributed by atoms with Gasteiger partial charge in [0.2, 0.25) is 0 Å². The molecule has 1 aromatic heterocycles. The van der Waals surface area contributed by atoms with E-state index in [1.165, 1.54) is 0 Å². The lowest BCUT2D eigenvalue weighted by molar-refractivity contribution is 0.0699. The van der Waals surface area contributed by atoms with Crippen LogP contribution in [0.4, 0.5) is 0 Å². The summed E-state index contributed by atoms with van der Waals surface area (Å²) >= 11 is 0. The minimum atomic E-state index is -0.906. The number of H-pyrrole nitrogens is 1. The van der Waals surface area contributed by atoms with Crippen molar-refractivity contribution in [1.29, 1.82) is 0 Å². The third-order valence-electron chi connectivity index (χ3n) is 2.56. The smallest absolute Gasteiger partial charge is 0.336 e. The van der Waals surface area contributed by atoms with Gasteiger partial charge in [0.05, 0.1) is 5.56 Å². The lowest BCUT2D eigenvalue weighted by Gasteiger charge is -2.05. The lowest BCUT2D eigenvalue weighted by Crippen LogP contribution is -2.17. The highest BCUT2D eigenvalue weighted by atomic mass is 16.4. The number of nitrogens with one attached hydrogen (secondary N) is 1. The summed E-state index contributed by atoms with van der Waals surface area (Å²) in [5.74, 6) is -0.906. The molecule has 0 saturated heterocycles. The molecular weight excluding hydrogens is 204 g/mol. The average Bonchev–Trinajstić information content (AvgIpc) is 2.60. The molecule has 84 valence electrons. The van der Waals surface area contributed by atoms with E-state index in [9.17, 15) is 4.79 Å². The molecule has 0 aliphatic heterocycles. The van der Waals surface area contributed by atoms with Crippen LogP contribution in [0.2, 0.25) is 0 Å². The fourth-order valence-corrected chi connectivity index (χ4v) is 1.94. The maximum atomic E-state index is 11.1. The van der Waals surface area contributed by atoms with Crippen LogP contribution in [0.5, 0.6) is 0 Å². The molecule has 0 saturated carbocycles. The first kappa shape index (κ1) is 10.7. The zero-order valence-electron chi connectivity index (χ0n) is 9.03. The monoisotopic (exact) mass is 218 g/mol. The van der Waals surface area contributed by atoms with Gasteiger partial charge in [-0.2, -0.15) is 0 Å². The van der Waals surface area contributed by atoms with E-state index in [-0.39, 0.29) is 6.04 Å². The molecule has 0 spiro atoms. The SMILES string of the molecule is C[C@@H](N)Cc1c[nH]c2cccc(C(=O)O)c12. The van der Waals surface area contributed by atoms with Gasteiger partial charge in [0.25, 0.3) is 0 Å². The number of carbonyl (C=O) groups is 1. The second kappa shape index (κ2) is 3.98. The van der Waals surface area contributed by atoms with E-state index >= 15 is 0 Å². The molecule has 0 amide bonds. The Morgan fingerprint density at radius 2 is 2.31 bits per heavy atom. The van der Waals surface area contributed by atoms with Gasteiger partial charge in [0.15, 0.2) is 0 Å². The molecule has 0 radical (unpaired) electrons. The molecule has 4 N–H and O–H groups in total. The van der Waals surface area contributed by atoms with Gasteiger partial charge in [-0.1, -0.05) is 6.07 Å². The Hall–Kier alpha value is -1.81. The van der Waals surface area contributed by atoms with Crippen molar-refractivity contribution < 1.29 is 9.90 Å². The van der Waals surface area contributed by atoms with Crippen molar-refractivity contribution in [3.8, 4) is 0 Å². The molecular formula is C12H14N2O2. The van der Waals surface area contributed by atoms with Gasteiger partial charge in [-0.15, -0.1) is 0 Å². The predicted octanol–water partition coefficient (Wildman–Crippen LogP) is 1.76. The van der Waals surface area contributed by atoms with Gasteiger partial charge in [0.1, 0.15) is 0 Å². The zero-order chi connectivity index (χ0) is 11.7. The van der Waals surface area contributed by atoms with Crippen LogP contribution in [0.1, 0.15) is 22.8 Å². The second-order valence-electron chi connectivity index (χ2n) is 4.03. The minimum Gasteiger partial charge on any atom is -0.478 e. The van der Waals surface area contributed by atoms with Gasteiger partial charge in [0, 0.05) is 23.1 Å². The Kier molecular flexibility index (Phi) is 2.66. The largest absolute Gasteiger partial charge is 0.478 e. The molecule has 0 aliphatic rings. The maximum Gasteiger partial charge on any atom is 0.336 e. The van der Waals surface area contributed by atoms with Crippen LogP contribution in [-0.2, 0) is 6.42 Å². The standard InChI is InChI=1S/C12H14N2O2/c1-7(13)5-8-6-14-10-4-2-3-9(11(8)10)12(15)16/h2-4,6-7,14H,5,13H2,1H3,(H,15,16)/t7-/m1/s1. The summed E-state index contributed by atoms with van der Waals surface area (Å²) in [5.41, 5.74) is 7.87. The van der Waals surface area contributed by atoms with E-state index in [0.29, 0.717) is 12.0 Å². The number of hydrogen-bond donors (Lipinski definition) is 3. The van der Waals surface area contributed by atoms with Crippen LogP contribution in [-0.4, -0.2) is 22.1 Å². The summed E-state index contributed by atoms with van der Waals surface area (Å²) < 4.78 is 0. The van der Waals surface area contributed by atoms with Gasteiger partial charge in [-0.3, -0.25) is 0 Å². The van der Waals surface area contributed by atoms with Crippen LogP contribution < -0.4 is 5.73 Å². The first-order chi connectivity index (χ1) is 7.59. The summed E-state index contributed by atoms with van der Waals surface area (Å²) in [5, 5.41) is 9.89. The Labute approximate surface area is 93.1 Å². The van der Waals surface area contributed by atoms with E-state index in [0.717, 1.165) is 16.5 Å². The number of aromatic nitrogens is 1. The fourth-order valence-electron chi connectivity index (χ4n) is 1.94. The number of benzene rings is 1. The van der Waals surface area contributed by atoms with Gasteiger partial charge in [-0.05, 0) is 31.0 Å². The number of aromatic amines is 1. The van der Waals surface area contributed by atoms with Crippen molar-refractivity contribution in [3.63, 3.8) is 0 Å². The van der Waals surface area contributed by atoms with Crippen LogP contribution in [0.3, 0.4) is 0 Å². The summed E-state index contributed by atoms with van der Waals surface area (Å²) in [6.07, 6.45) is 2.50. The van der Waals surface area contributed by atoms with Crippen LogP contribution in [0.15, 0.2) is 24.4 Å². The number of hydrogen-bond acceptors (Lipinski definition) is 2. The van der Waals surface area contributed by atoms with E-state index in [2.05, 4.69) is 4.98 Å². The Morgan fingerprint density at radius 3 is 2.94 bits per heavy atom. The summed E-state index contributed by atoms with van der Waals surface area (Å²) in [6, 6.07) is 5.23. The van der Waals surface area contributed by atoms with Crippen LogP contribution in [0, 0.1) is 0 Å². The van der Waals surface area contributed by atoms with Gasteiger partial charge < -0.3 is 15.8 Å². The first-order valence-corrected chi connectivity index (χ1v) is 5.17. The molecule has 0 fully saturated rings. The highest BCUT2D eigenvalue weighted by molar-refractivity contribution is 6.04. The normalized spacial score (nSPS) is 12.9. The van der Waals surface area contributed by atoms with E-state index in [4.69, 9.17) is 10.8 Å². The van der Waals surface area contributed by atoms with Crippen molar-refractivity contribution in [2.45, 2.75) is 19.4 Å². The third kappa shape index (κ3) is 1.79. The number of carboxylic acids is 1. The maximum absolute atomic E-state index is 11.1. The molecule has 2 aromatic rings. The van der Waals surface area contributed by atoms with Gasteiger partial charge >= 0.3 is 5.97 Å². The first-order valence-electron chi connectivity index (χ1n) is 5.17. The molecule has 1 heterocycles. The summed E-state index contributed by atoms with van der Waals surface area (Å²) in [7, 11) is 0. The molecule has 4 nitrogen and oxygen atoms in total. The zero-order valence-corrected chi connectivity index (χ0v) is 9.03. The predicted molar refractivity (Wildman–Crippen MR) is 62.6 cm³/mol. The third-order valence-corrected chi connectivity index (χ3v) is 2.56. The quantitative estimate of drug-likeness (QED) is 0.734. The number of aromatic carboxylic acids is 1. The van der Waals surface area contributed by atoms with Crippen molar-refractivity contribution in [2.75, 3.05) is 0 Å². The van der Waals surface area contributed by atoms with Crippen molar-refractivity contribution in [3.05, 3.63) is 35.5 Å². The molecule has 2 rings (SSSR count). The van der Waals surface area contributed by atoms with E-state index in [1.54, 1.807) is 12.1 Å². The van der Waals surface area contributed by atoms with Gasteiger partial charge in [-0.25, -0.2) is 4.79 Å².